The van der Waals surface area contributed by atoms with Crippen molar-refractivity contribution in [2.75, 3.05) is 0 Å². The minimum absolute atomic E-state index is 0.310. The summed E-state index contributed by atoms with van der Waals surface area (Å²) in [6.07, 6.45) is -14.5. The molecule has 0 radical (unpaired) electrons. The Labute approximate surface area is 99.0 Å². The number of aromatic nitrogens is 1. The number of nitrogens with zero attached hydrogens (tertiary/aromatic N) is 1. The van der Waals surface area contributed by atoms with Crippen LogP contribution in [-0.2, 0) is 6.18 Å². The van der Waals surface area contributed by atoms with Gasteiger partial charge in [-0.1, -0.05) is 0 Å². The van der Waals surface area contributed by atoms with Crippen molar-refractivity contribution >= 4 is 0 Å². The van der Waals surface area contributed by atoms with Crippen molar-refractivity contribution in [2.24, 2.45) is 0 Å². The Morgan fingerprint density at radius 1 is 1.11 bits per heavy atom. The molecule has 0 spiro atoms. The van der Waals surface area contributed by atoms with Crippen LogP contribution in [0, 0.1) is 0 Å². The van der Waals surface area contributed by atoms with Gasteiger partial charge >= 0.3 is 12.5 Å². The SMILES string of the molecule is Oc1cc(C(F)(F)F)c(C(F)F)nc1OC(F)(F)F. The number of hydrogen-bond donors (Lipinski definition) is 1. The van der Waals surface area contributed by atoms with Crippen LogP contribution < -0.4 is 4.74 Å². The van der Waals surface area contributed by atoms with Gasteiger partial charge in [-0.2, -0.15) is 13.2 Å². The molecular weight excluding hydrogens is 294 g/mol. The topological polar surface area (TPSA) is 42.4 Å². The fourth-order valence-corrected chi connectivity index (χ4v) is 1.08. The maximum Gasteiger partial charge on any atom is 0.574 e. The number of ether oxygens (including phenoxy) is 1. The van der Waals surface area contributed by atoms with Gasteiger partial charge in [-0.05, 0) is 6.07 Å². The summed E-state index contributed by atoms with van der Waals surface area (Å²) in [5.41, 5.74) is -4.01. The van der Waals surface area contributed by atoms with Crippen molar-refractivity contribution in [1.82, 2.24) is 4.98 Å². The van der Waals surface area contributed by atoms with Gasteiger partial charge in [0.2, 0.25) is 0 Å². The third-order valence-electron chi connectivity index (χ3n) is 1.72. The van der Waals surface area contributed by atoms with Gasteiger partial charge in [-0.15, -0.1) is 13.2 Å². The zero-order chi connectivity index (χ0) is 15.0. The third-order valence-corrected chi connectivity index (χ3v) is 1.72. The lowest BCUT2D eigenvalue weighted by Gasteiger charge is -2.15. The van der Waals surface area contributed by atoms with Crippen LogP contribution in [0.5, 0.6) is 11.6 Å². The zero-order valence-corrected chi connectivity index (χ0v) is 8.48. The minimum atomic E-state index is -5.40. The van der Waals surface area contributed by atoms with Crippen LogP contribution in [0.1, 0.15) is 17.7 Å². The summed E-state index contributed by atoms with van der Waals surface area (Å²) in [4.78, 5) is 2.36. The van der Waals surface area contributed by atoms with Crippen molar-refractivity contribution < 1.29 is 45.0 Å². The fourth-order valence-electron chi connectivity index (χ4n) is 1.08. The van der Waals surface area contributed by atoms with Gasteiger partial charge in [-0.3, -0.25) is 0 Å². The molecule has 0 aliphatic carbocycles. The summed E-state index contributed by atoms with van der Waals surface area (Å²) in [6, 6.07) is -0.310. The normalized spacial score (nSPS) is 12.9. The largest absolute Gasteiger partial charge is 0.574 e. The maximum absolute atomic E-state index is 12.3. The second-order valence-corrected chi connectivity index (χ2v) is 3.09. The highest BCUT2D eigenvalue weighted by Gasteiger charge is 2.40. The summed E-state index contributed by atoms with van der Waals surface area (Å²) in [5.74, 6) is -3.44. The zero-order valence-electron chi connectivity index (χ0n) is 8.48. The molecule has 108 valence electrons. The van der Waals surface area contributed by atoms with E-state index < -0.39 is 41.9 Å². The number of hydrogen-bond acceptors (Lipinski definition) is 3. The molecule has 0 aromatic carbocycles. The van der Waals surface area contributed by atoms with Gasteiger partial charge in [0.05, 0.1) is 5.56 Å². The second-order valence-electron chi connectivity index (χ2n) is 3.09. The molecule has 0 atom stereocenters. The Bertz CT molecular complexity index is 467. The van der Waals surface area contributed by atoms with Crippen LogP contribution in [0.3, 0.4) is 0 Å². The molecule has 1 aromatic heterocycles. The minimum Gasteiger partial charge on any atom is -0.503 e. The van der Waals surface area contributed by atoms with E-state index in [1.807, 2.05) is 0 Å². The number of alkyl halides is 8. The van der Waals surface area contributed by atoms with Crippen molar-refractivity contribution in [1.29, 1.82) is 0 Å². The smallest absolute Gasteiger partial charge is 0.503 e. The molecule has 0 aliphatic rings. The monoisotopic (exact) mass is 297 g/mol. The molecule has 1 aromatic rings. The summed E-state index contributed by atoms with van der Waals surface area (Å²) >= 11 is 0. The highest BCUT2D eigenvalue weighted by atomic mass is 19.4. The number of halogens is 8. The number of rotatable bonds is 2. The first-order chi connectivity index (χ1) is 8.42. The number of pyridine rings is 1. The average Bonchev–Trinajstić information content (AvgIpc) is 2.16. The van der Waals surface area contributed by atoms with Gasteiger partial charge in [-0.25, -0.2) is 13.8 Å². The van der Waals surface area contributed by atoms with Gasteiger partial charge in [0, 0.05) is 0 Å². The van der Waals surface area contributed by atoms with Crippen molar-refractivity contribution in [3.8, 4) is 11.6 Å². The van der Waals surface area contributed by atoms with Crippen LogP contribution in [-0.4, -0.2) is 16.5 Å². The molecule has 1 heterocycles. The lowest BCUT2D eigenvalue weighted by molar-refractivity contribution is -0.276. The van der Waals surface area contributed by atoms with Crippen LogP contribution in [0.4, 0.5) is 35.1 Å². The molecule has 0 unspecified atom stereocenters. The maximum atomic E-state index is 12.3. The Hall–Kier alpha value is -1.81. The highest BCUT2D eigenvalue weighted by molar-refractivity contribution is 5.40. The molecule has 0 bridgehead atoms. The van der Waals surface area contributed by atoms with E-state index >= 15 is 0 Å². The molecule has 0 fully saturated rings. The summed E-state index contributed by atoms with van der Waals surface area (Å²) in [7, 11) is 0. The molecule has 11 heteroatoms. The first-order valence-electron chi connectivity index (χ1n) is 4.27. The van der Waals surface area contributed by atoms with Gasteiger partial charge in [0.15, 0.2) is 5.75 Å². The molecule has 3 nitrogen and oxygen atoms in total. The summed E-state index contributed by atoms with van der Waals surface area (Å²) < 4.78 is 100. The van der Waals surface area contributed by atoms with Gasteiger partial charge < -0.3 is 9.84 Å². The van der Waals surface area contributed by atoms with Crippen LogP contribution >= 0.6 is 0 Å². The van der Waals surface area contributed by atoms with Crippen molar-refractivity contribution in [3.05, 3.63) is 17.3 Å². The van der Waals surface area contributed by atoms with E-state index in [2.05, 4.69) is 9.72 Å². The fraction of sp³-hybridized carbons (Fsp3) is 0.375. The number of aromatic hydroxyl groups is 1. The van der Waals surface area contributed by atoms with Crippen molar-refractivity contribution in [2.45, 2.75) is 19.0 Å². The molecule has 0 saturated heterocycles. The molecule has 0 saturated carbocycles. The summed E-state index contributed by atoms with van der Waals surface area (Å²) in [6.45, 7) is 0. The molecule has 0 amide bonds. The average molecular weight is 297 g/mol. The van der Waals surface area contributed by atoms with Gasteiger partial charge in [0.25, 0.3) is 12.3 Å². The standard InChI is InChI=1S/C8H3F8NO2/c9-5(10)4-2(7(11,12)13)1-3(18)6(17-4)19-8(14,15)16/h1,5,18H. The molecule has 1 rings (SSSR count). The van der Waals surface area contributed by atoms with E-state index in [0.717, 1.165) is 0 Å². The summed E-state index contributed by atoms with van der Waals surface area (Å²) in [5, 5.41) is 8.89. The predicted octanol–water partition coefficient (Wildman–Crippen LogP) is 3.64. The second kappa shape index (κ2) is 4.70. The van der Waals surface area contributed by atoms with E-state index in [4.69, 9.17) is 5.11 Å². The first-order valence-corrected chi connectivity index (χ1v) is 4.27. The molecular formula is C8H3F8NO2. The predicted molar refractivity (Wildman–Crippen MR) is 42.5 cm³/mol. The third kappa shape index (κ3) is 3.83. The van der Waals surface area contributed by atoms with E-state index in [9.17, 15) is 35.1 Å². The Morgan fingerprint density at radius 2 is 1.63 bits per heavy atom. The Morgan fingerprint density at radius 3 is 2.00 bits per heavy atom. The molecule has 1 N–H and O–H groups in total. The van der Waals surface area contributed by atoms with Crippen LogP contribution in [0.25, 0.3) is 0 Å². The molecule has 0 aliphatic heterocycles. The van der Waals surface area contributed by atoms with E-state index in [1.54, 1.807) is 0 Å². The van der Waals surface area contributed by atoms with E-state index in [1.165, 1.54) is 0 Å². The van der Waals surface area contributed by atoms with Crippen LogP contribution in [0.2, 0.25) is 0 Å². The Balaban J connectivity index is 3.37. The van der Waals surface area contributed by atoms with E-state index in [-0.39, 0.29) is 6.07 Å². The van der Waals surface area contributed by atoms with Crippen molar-refractivity contribution in [3.63, 3.8) is 0 Å². The Kier molecular flexibility index (Phi) is 3.77. The van der Waals surface area contributed by atoms with E-state index in [0.29, 0.717) is 0 Å². The molecule has 19 heavy (non-hydrogen) atoms. The lowest BCUT2D eigenvalue weighted by atomic mass is 10.2. The van der Waals surface area contributed by atoms with Crippen LogP contribution in [0.15, 0.2) is 6.07 Å². The van der Waals surface area contributed by atoms with Gasteiger partial charge in [0.1, 0.15) is 5.69 Å². The highest BCUT2D eigenvalue weighted by Crippen LogP contribution is 2.40. The first kappa shape index (κ1) is 15.2. The lowest BCUT2D eigenvalue weighted by Crippen LogP contribution is -2.19. The quantitative estimate of drug-likeness (QED) is 0.847.